The molecule has 1 aliphatic rings. The van der Waals surface area contributed by atoms with E-state index in [-0.39, 0.29) is 0 Å². The molecule has 1 saturated carbocycles. The first-order valence-corrected chi connectivity index (χ1v) is 6.16. The largest absolute Gasteiger partial charge is 0.310 e. The Bertz CT molecular complexity index is 363. The first kappa shape index (κ1) is 11.7. The Morgan fingerprint density at radius 3 is 2.56 bits per heavy atom. The molecule has 0 unspecified atom stereocenters. The summed E-state index contributed by atoms with van der Waals surface area (Å²) in [5.74, 6) is 0.708. The van der Waals surface area contributed by atoms with Gasteiger partial charge < -0.3 is 5.32 Å². The highest BCUT2D eigenvalue weighted by Crippen LogP contribution is 2.37. The van der Waals surface area contributed by atoms with Gasteiger partial charge in [-0.1, -0.05) is 35.9 Å². The fraction of sp³-hybridized carbons (Fsp3) is 0.429. The molecule has 1 aliphatic carbocycles. The van der Waals surface area contributed by atoms with Gasteiger partial charge in [0.2, 0.25) is 0 Å². The lowest BCUT2D eigenvalue weighted by molar-refractivity contribution is 0.298. The number of benzene rings is 1. The van der Waals surface area contributed by atoms with Gasteiger partial charge in [-0.2, -0.15) is 0 Å². The fourth-order valence-corrected chi connectivity index (χ4v) is 2.24. The molecule has 1 fully saturated rings. The molecule has 86 valence electrons. The van der Waals surface area contributed by atoms with E-state index in [0.29, 0.717) is 12.0 Å². The standard InChI is InChI=1S/C14H18ClN/c1-10(2)9-16-14-7-12(8-14)11-3-5-13(15)6-4-11/h3-6,12,14,16H,1,7-9H2,2H3. The van der Waals surface area contributed by atoms with Gasteiger partial charge in [0.25, 0.3) is 0 Å². The molecular weight excluding hydrogens is 218 g/mol. The second-order valence-electron chi connectivity index (χ2n) is 4.75. The second-order valence-corrected chi connectivity index (χ2v) is 5.19. The first-order valence-electron chi connectivity index (χ1n) is 5.78. The Labute approximate surface area is 103 Å². The molecule has 1 aromatic carbocycles. The van der Waals surface area contributed by atoms with Crippen molar-refractivity contribution in [2.24, 2.45) is 0 Å². The molecular formula is C14H18ClN. The molecule has 1 aromatic rings. The molecule has 0 bridgehead atoms. The van der Waals surface area contributed by atoms with Crippen LogP contribution in [0.5, 0.6) is 0 Å². The first-order chi connectivity index (χ1) is 7.65. The molecule has 1 N–H and O–H groups in total. The fourth-order valence-electron chi connectivity index (χ4n) is 2.11. The molecule has 0 atom stereocenters. The molecule has 0 radical (unpaired) electrons. The molecule has 2 rings (SSSR count). The van der Waals surface area contributed by atoms with Gasteiger partial charge in [-0.05, 0) is 43.4 Å². The molecule has 0 spiro atoms. The molecule has 0 amide bonds. The summed E-state index contributed by atoms with van der Waals surface area (Å²) in [6.45, 7) is 6.90. The van der Waals surface area contributed by atoms with Gasteiger partial charge in [-0.3, -0.25) is 0 Å². The quantitative estimate of drug-likeness (QED) is 0.784. The van der Waals surface area contributed by atoms with E-state index in [1.807, 2.05) is 12.1 Å². The Kier molecular flexibility index (Phi) is 3.67. The molecule has 0 saturated heterocycles. The highest BCUT2D eigenvalue weighted by Gasteiger charge is 2.29. The van der Waals surface area contributed by atoms with Crippen LogP contribution in [0.15, 0.2) is 36.4 Å². The van der Waals surface area contributed by atoms with Gasteiger partial charge >= 0.3 is 0 Å². The van der Waals surface area contributed by atoms with E-state index >= 15 is 0 Å². The lowest BCUT2D eigenvalue weighted by Crippen LogP contribution is -2.40. The SMILES string of the molecule is C=C(C)CNC1CC(c2ccc(Cl)cc2)C1. The Morgan fingerprint density at radius 1 is 1.38 bits per heavy atom. The predicted octanol–water partition coefficient (Wildman–Crippen LogP) is 3.75. The topological polar surface area (TPSA) is 12.0 Å². The van der Waals surface area contributed by atoms with E-state index in [1.165, 1.54) is 24.0 Å². The molecule has 16 heavy (non-hydrogen) atoms. The van der Waals surface area contributed by atoms with E-state index in [4.69, 9.17) is 11.6 Å². The Balaban J connectivity index is 1.79. The van der Waals surface area contributed by atoms with Gasteiger partial charge in [0.15, 0.2) is 0 Å². The van der Waals surface area contributed by atoms with Crippen molar-refractivity contribution in [2.45, 2.75) is 31.7 Å². The minimum absolute atomic E-state index is 0.664. The second kappa shape index (κ2) is 5.03. The van der Waals surface area contributed by atoms with Crippen molar-refractivity contribution in [3.8, 4) is 0 Å². The van der Waals surface area contributed by atoms with Crippen LogP contribution in [0.25, 0.3) is 0 Å². The van der Waals surface area contributed by atoms with Gasteiger partial charge in [0.05, 0.1) is 0 Å². The van der Waals surface area contributed by atoms with Crippen LogP contribution >= 0.6 is 11.6 Å². The van der Waals surface area contributed by atoms with Gasteiger partial charge in [-0.25, -0.2) is 0 Å². The van der Waals surface area contributed by atoms with E-state index in [2.05, 4.69) is 31.0 Å². The van der Waals surface area contributed by atoms with Gasteiger partial charge in [0.1, 0.15) is 0 Å². The third-order valence-corrected chi connectivity index (χ3v) is 3.42. The summed E-state index contributed by atoms with van der Waals surface area (Å²) >= 11 is 5.87. The number of rotatable bonds is 4. The zero-order chi connectivity index (χ0) is 11.5. The van der Waals surface area contributed by atoms with Crippen molar-refractivity contribution in [2.75, 3.05) is 6.54 Å². The van der Waals surface area contributed by atoms with Crippen molar-refractivity contribution in [3.05, 3.63) is 47.0 Å². The van der Waals surface area contributed by atoms with E-state index in [0.717, 1.165) is 11.6 Å². The number of nitrogens with one attached hydrogen (secondary N) is 1. The lowest BCUT2D eigenvalue weighted by atomic mass is 9.76. The van der Waals surface area contributed by atoms with Crippen LogP contribution in [0.1, 0.15) is 31.2 Å². The minimum Gasteiger partial charge on any atom is -0.310 e. The van der Waals surface area contributed by atoms with Crippen LogP contribution in [0.3, 0.4) is 0 Å². The van der Waals surface area contributed by atoms with Crippen LogP contribution < -0.4 is 5.32 Å². The summed E-state index contributed by atoms with van der Waals surface area (Å²) in [4.78, 5) is 0. The van der Waals surface area contributed by atoms with Crippen LogP contribution in [-0.2, 0) is 0 Å². The summed E-state index contributed by atoms with van der Waals surface area (Å²) in [5, 5.41) is 4.32. The van der Waals surface area contributed by atoms with Crippen molar-refractivity contribution in [1.82, 2.24) is 5.32 Å². The van der Waals surface area contributed by atoms with Gasteiger partial charge in [0, 0.05) is 17.6 Å². The molecule has 1 nitrogen and oxygen atoms in total. The van der Waals surface area contributed by atoms with Crippen molar-refractivity contribution in [1.29, 1.82) is 0 Å². The van der Waals surface area contributed by atoms with Crippen LogP contribution in [0.4, 0.5) is 0 Å². The number of halogens is 1. The normalized spacial score (nSPS) is 23.9. The Hall–Kier alpha value is -0.790. The molecule has 2 heteroatoms. The van der Waals surface area contributed by atoms with Crippen LogP contribution in [0, 0.1) is 0 Å². The molecule has 0 aromatic heterocycles. The van der Waals surface area contributed by atoms with Crippen LogP contribution in [0.2, 0.25) is 5.02 Å². The highest BCUT2D eigenvalue weighted by molar-refractivity contribution is 6.30. The Morgan fingerprint density at radius 2 is 2.00 bits per heavy atom. The van der Waals surface area contributed by atoms with Gasteiger partial charge in [-0.15, -0.1) is 0 Å². The molecule has 0 heterocycles. The maximum absolute atomic E-state index is 5.87. The third kappa shape index (κ3) is 2.87. The zero-order valence-electron chi connectivity index (χ0n) is 9.67. The third-order valence-electron chi connectivity index (χ3n) is 3.17. The average molecular weight is 236 g/mol. The smallest absolute Gasteiger partial charge is 0.0406 e. The number of hydrogen-bond acceptors (Lipinski definition) is 1. The summed E-state index contributed by atoms with van der Waals surface area (Å²) in [7, 11) is 0. The lowest BCUT2D eigenvalue weighted by Gasteiger charge is -2.36. The maximum atomic E-state index is 5.87. The minimum atomic E-state index is 0.664. The monoisotopic (exact) mass is 235 g/mol. The summed E-state index contributed by atoms with van der Waals surface area (Å²) < 4.78 is 0. The van der Waals surface area contributed by atoms with E-state index < -0.39 is 0 Å². The van der Waals surface area contributed by atoms with E-state index in [1.54, 1.807) is 0 Å². The summed E-state index contributed by atoms with van der Waals surface area (Å²) in [6.07, 6.45) is 2.46. The predicted molar refractivity (Wildman–Crippen MR) is 70.0 cm³/mol. The average Bonchev–Trinajstić information content (AvgIpc) is 2.18. The van der Waals surface area contributed by atoms with Crippen molar-refractivity contribution in [3.63, 3.8) is 0 Å². The van der Waals surface area contributed by atoms with E-state index in [9.17, 15) is 0 Å². The zero-order valence-corrected chi connectivity index (χ0v) is 10.4. The number of hydrogen-bond donors (Lipinski definition) is 1. The molecule has 0 aliphatic heterocycles. The summed E-state index contributed by atoms with van der Waals surface area (Å²) in [5.41, 5.74) is 2.62. The van der Waals surface area contributed by atoms with Crippen LogP contribution in [-0.4, -0.2) is 12.6 Å². The van der Waals surface area contributed by atoms with Crippen molar-refractivity contribution < 1.29 is 0 Å². The maximum Gasteiger partial charge on any atom is 0.0406 e. The van der Waals surface area contributed by atoms with Crippen molar-refractivity contribution >= 4 is 11.6 Å². The summed E-state index contributed by atoms with van der Waals surface area (Å²) in [6, 6.07) is 8.90. The highest BCUT2D eigenvalue weighted by atomic mass is 35.5.